The quantitative estimate of drug-likeness (QED) is 0.858. The Morgan fingerprint density at radius 1 is 1.29 bits per heavy atom. The van der Waals surface area contributed by atoms with Gasteiger partial charge in [0.1, 0.15) is 0 Å². The van der Waals surface area contributed by atoms with Crippen LogP contribution in [0.4, 0.5) is 0 Å². The first-order valence-corrected chi connectivity index (χ1v) is 6.48. The minimum absolute atomic E-state index is 0.130. The average molecular weight is 277 g/mol. The van der Waals surface area contributed by atoms with Crippen molar-refractivity contribution >= 4 is 23.2 Å². The first-order valence-electron chi connectivity index (χ1n) is 5.73. The fourth-order valence-electron chi connectivity index (χ4n) is 1.79. The normalized spacial score (nSPS) is 14.6. The number of hydrogen-bond acceptors (Lipinski definition) is 2. The van der Waals surface area contributed by atoms with Crippen LogP contribution in [0.5, 0.6) is 0 Å². The van der Waals surface area contributed by atoms with Crippen molar-refractivity contribution in [1.29, 1.82) is 0 Å². The van der Waals surface area contributed by atoms with Crippen molar-refractivity contribution in [3.8, 4) is 0 Å². The van der Waals surface area contributed by atoms with E-state index in [9.17, 15) is 5.11 Å². The Morgan fingerprint density at radius 2 is 2.00 bits per heavy atom. The number of methoxy groups -OCH3 is 1. The first-order chi connectivity index (χ1) is 8.08. The van der Waals surface area contributed by atoms with Crippen molar-refractivity contribution in [1.82, 2.24) is 0 Å². The summed E-state index contributed by atoms with van der Waals surface area (Å²) in [5, 5.41) is 11.1. The van der Waals surface area contributed by atoms with E-state index >= 15 is 0 Å². The Morgan fingerprint density at radius 3 is 2.53 bits per heavy atom. The van der Waals surface area contributed by atoms with Crippen molar-refractivity contribution in [2.75, 3.05) is 7.11 Å². The fraction of sp³-hybridized carbons (Fsp3) is 0.538. The second-order valence-corrected chi connectivity index (χ2v) is 4.90. The van der Waals surface area contributed by atoms with E-state index in [0.717, 1.165) is 18.4 Å². The Balaban J connectivity index is 2.66. The van der Waals surface area contributed by atoms with E-state index in [1.807, 2.05) is 6.07 Å². The summed E-state index contributed by atoms with van der Waals surface area (Å²) in [5.41, 5.74) is 0.963. The van der Waals surface area contributed by atoms with Gasteiger partial charge in [0, 0.05) is 13.5 Å². The number of halogens is 2. The van der Waals surface area contributed by atoms with Crippen LogP contribution in [0, 0.1) is 0 Å². The maximum Gasteiger partial charge on any atom is 0.0841 e. The minimum Gasteiger partial charge on any atom is -0.390 e. The summed E-state index contributed by atoms with van der Waals surface area (Å²) in [5.74, 6) is 0. The molecule has 1 aromatic carbocycles. The third-order valence-corrected chi connectivity index (χ3v) is 3.47. The third-order valence-electron chi connectivity index (χ3n) is 2.73. The summed E-state index contributed by atoms with van der Waals surface area (Å²) in [6, 6.07) is 5.40. The highest BCUT2D eigenvalue weighted by atomic mass is 35.5. The lowest BCUT2D eigenvalue weighted by Gasteiger charge is -2.21. The monoisotopic (exact) mass is 276 g/mol. The zero-order chi connectivity index (χ0) is 12.8. The van der Waals surface area contributed by atoms with Crippen molar-refractivity contribution in [2.24, 2.45) is 0 Å². The molecule has 0 fully saturated rings. The molecule has 1 aromatic rings. The van der Waals surface area contributed by atoms with Gasteiger partial charge in [-0.25, -0.2) is 0 Å². The average Bonchev–Trinajstić information content (AvgIpc) is 2.30. The zero-order valence-corrected chi connectivity index (χ0v) is 11.6. The molecule has 0 aliphatic carbocycles. The highest BCUT2D eigenvalue weighted by molar-refractivity contribution is 6.42. The van der Waals surface area contributed by atoms with Crippen molar-refractivity contribution < 1.29 is 9.84 Å². The van der Waals surface area contributed by atoms with Gasteiger partial charge < -0.3 is 9.84 Å². The molecular weight excluding hydrogens is 259 g/mol. The maximum atomic E-state index is 10.1. The molecule has 0 spiro atoms. The summed E-state index contributed by atoms with van der Waals surface area (Å²) >= 11 is 11.8. The van der Waals surface area contributed by atoms with Gasteiger partial charge >= 0.3 is 0 Å². The van der Waals surface area contributed by atoms with E-state index in [0.29, 0.717) is 16.5 Å². The van der Waals surface area contributed by atoms with Gasteiger partial charge in [0.2, 0.25) is 0 Å². The highest BCUT2D eigenvalue weighted by Crippen LogP contribution is 2.23. The first kappa shape index (κ1) is 14.8. The van der Waals surface area contributed by atoms with Gasteiger partial charge in [0.25, 0.3) is 0 Å². The summed E-state index contributed by atoms with van der Waals surface area (Å²) in [6.07, 6.45) is 1.71. The summed E-state index contributed by atoms with van der Waals surface area (Å²) in [7, 11) is 1.62. The van der Waals surface area contributed by atoms with Crippen LogP contribution < -0.4 is 0 Å². The molecule has 1 N–H and O–H groups in total. The Kier molecular flexibility index (Phi) is 6.28. The second kappa shape index (κ2) is 7.22. The Labute approximate surface area is 113 Å². The van der Waals surface area contributed by atoms with Gasteiger partial charge in [0.15, 0.2) is 0 Å². The summed E-state index contributed by atoms with van der Waals surface area (Å²) in [4.78, 5) is 0. The Hall–Kier alpha value is -0.280. The predicted octanol–water partition coefficient (Wildman–Crippen LogP) is 3.71. The maximum absolute atomic E-state index is 10.1. The summed E-state index contributed by atoms with van der Waals surface area (Å²) in [6.45, 7) is 2.07. The van der Waals surface area contributed by atoms with Gasteiger partial charge in [-0.05, 0) is 24.1 Å². The molecule has 0 amide bonds. The van der Waals surface area contributed by atoms with Crippen molar-refractivity contribution in [3.63, 3.8) is 0 Å². The third kappa shape index (κ3) is 4.47. The van der Waals surface area contributed by atoms with Crippen LogP contribution in [-0.4, -0.2) is 24.4 Å². The van der Waals surface area contributed by atoms with Crippen molar-refractivity contribution in [2.45, 2.75) is 38.4 Å². The molecule has 0 aliphatic heterocycles. The van der Waals surface area contributed by atoms with Gasteiger partial charge in [0.05, 0.1) is 22.3 Å². The van der Waals surface area contributed by atoms with E-state index in [2.05, 4.69) is 6.92 Å². The van der Waals surface area contributed by atoms with E-state index in [1.54, 1.807) is 19.2 Å². The molecule has 96 valence electrons. The van der Waals surface area contributed by atoms with Crippen LogP contribution in [0.25, 0.3) is 0 Å². The molecular formula is C13H18Cl2O2. The SMILES string of the molecule is CCCC(OC)C(O)Cc1ccc(Cl)c(Cl)c1. The highest BCUT2D eigenvalue weighted by Gasteiger charge is 2.18. The number of benzene rings is 1. The molecule has 2 nitrogen and oxygen atoms in total. The molecule has 0 saturated carbocycles. The zero-order valence-electron chi connectivity index (χ0n) is 10.1. The number of aliphatic hydroxyl groups is 1. The molecule has 17 heavy (non-hydrogen) atoms. The van der Waals surface area contributed by atoms with E-state index in [1.165, 1.54) is 0 Å². The lowest BCUT2D eigenvalue weighted by Crippen LogP contribution is -2.29. The predicted molar refractivity (Wildman–Crippen MR) is 71.9 cm³/mol. The fourth-order valence-corrected chi connectivity index (χ4v) is 2.11. The van der Waals surface area contributed by atoms with Crippen LogP contribution in [0.2, 0.25) is 10.0 Å². The van der Waals surface area contributed by atoms with E-state index < -0.39 is 6.10 Å². The topological polar surface area (TPSA) is 29.5 Å². The molecule has 0 heterocycles. The van der Waals surface area contributed by atoms with Crippen LogP contribution >= 0.6 is 23.2 Å². The van der Waals surface area contributed by atoms with Crippen LogP contribution in [-0.2, 0) is 11.2 Å². The van der Waals surface area contributed by atoms with E-state index in [-0.39, 0.29) is 6.10 Å². The molecule has 0 radical (unpaired) electrons. The number of hydrogen-bond donors (Lipinski definition) is 1. The molecule has 2 unspecified atom stereocenters. The van der Waals surface area contributed by atoms with E-state index in [4.69, 9.17) is 27.9 Å². The molecule has 2 atom stereocenters. The minimum atomic E-state index is -0.516. The smallest absolute Gasteiger partial charge is 0.0841 e. The summed E-state index contributed by atoms with van der Waals surface area (Å²) < 4.78 is 5.27. The second-order valence-electron chi connectivity index (χ2n) is 4.08. The van der Waals surface area contributed by atoms with Crippen LogP contribution in [0.1, 0.15) is 25.3 Å². The largest absolute Gasteiger partial charge is 0.390 e. The molecule has 0 bridgehead atoms. The molecule has 4 heteroatoms. The molecule has 0 aliphatic rings. The lowest BCUT2D eigenvalue weighted by atomic mass is 10.0. The van der Waals surface area contributed by atoms with Gasteiger partial charge in [-0.2, -0.15) is 0 Å². The lowest BCUT2D eigenvalue weighted by molar-refractivity contribution is -0.0159. The van der Waals surface area contributed by atoms with Gasteiger partial charge in [-0.3, -0.25) is 0 Å². The standard InChI is InChI=1S/C13H18Cl2O2/c1-3-4-13(17-2)12(16)8-9-5-6-10(14)11(15)7-9/h5-7,12-13,16H,3-4,8H2,1-2H3. The van der Waals surface area contributed by atoms with Gasteiger partial charge in [-0.1, -0.05) is 42.6 Å². The van der Waals surface area contributed by atoms with Crippen molar-refractivity contribution in [3.05, 3.63) is 33.8 Å². The number of ether oxygens (including phenoxy) is 1. The van der Waals surface area contributed by atoms with Crippen LogP contribution in [0.15, 0.2) is 18.2 Å². The van der Waals surface area contributed by atoms with Gasteiger partial charge in [-0.15, -0.1) is 0 Å². The number of aliphatic hydroxyl groups excluding tert-OH is 1. The molecule has 0 saturated heterocycles. The van der Waals surface area contributed by atoms with Crippen LogP contribution in [0.3, 0.4) is 0 Å². The Bertz CT molecular complexity index is 355. The number of rotatable bonds is 6. The molecule has 1 rings (SSSR count). The molecule has 0 aromatic heterocycles.